The zero-order valence-electron chi connectivity index (χ0n) is 14.3. The standard InChI is InChI=1S/C16H26ClN3O/c1-9-11(3)16(6,7)15(21)20(8)14(10-2)19-13(5)18-12(4)17/h9-10H,1-8H3/b11-9-,14-10+,18-12+,19-13-. The number of hydrogen-bond acceptors (Lipinski definition) is 2. The van der Waals surface area contributed by atoms with E-state index in [-0.39, 0.29) is 5.91 Å². The van der Waals surface area contributed by atoms with E-state index in [1.165, 1.54) is 0 Å². The lowest BCUT2D eigenvalue weighted by Gasteiger charge is -2.30. The summed E-state index contributed by atoms with van der Waals surface area (Å²) < 4.78 is 0. The number of aliphatic imine (C=N–C) groups is 2. The second-order valence-electron chi connectivity index (χ2n) is 5.38. The zero-order valence-corrected chi connectivity index (χ0v) is 15.0. The van der Waals surface area contributed by atoms with E-state index >= 15 is 0 Å². The first kappa shape index (κ1) is 19.6. The summed E-state index contributed by atoms with van der Waals surface area (Å²) in [6.07, 6.45) is 3.73. The molecule has 0 aromatic rings. The van der Waals surface area contributed by atoms with Crippen LogP contribution in [0.4, 0.5) is 0 Å². The summed E-state index contributed by atoms with van der Waals surface area (Å²) in [5, 5.41) is 0.408. The van der Waals surface area contributed by atoms with Crippen molar-refractivity contribution in [2.24, 2.45) is 15.4 Å². The van der Waals surface area contributed by atoms with Crippen LogP contribution < -0.4 is 0 Å². The van der Waals surface area contributed by atoms with E-state index in [0.717, 1.165) is 5.57 Å². The molecule has 0 aromatic carbocycles. The number of rotatable bonds is 4. The summed E-state index contributed by atoms with van der Waals surface area (Å²) in [4.78, 5) is 22.6. The Balaban J connectivity index is 5.45. The normalized spacial score (nSPS) is 15.3. The van der Waals surface area contributed by atoms with Crippen LogP contribution >= 0.6 is 11.6 Å². The van der Waals surface area contributed by atoms with E-state index in [2.05, 4.69) is 9.98 Å². The molecule has 0 rings (SSSR count). The van der Waals surface area contributed by atoms with E-state index in [4.69, 9.17) is 11.6 Å². The molecule has 0 bridgehead atoms. The van der Waals surface area contributed by atoms with Crippen molar-refractivity contribution < 1.29 is 4.79 Å². The molecule has 0 saturated heterocycles. The average molecular weight is 312 g/mol. The van der Waals surface area contributed by atoms with Crippen LogP contribution in [0.1, 0.15) is 48.5 Å². The molecule has 1 amide bonds. The Bertz CT molecular complexity index is 510. The predicted octanol–water partition coefficient (Wildman–Crippen LogP) is 4.37. The number of halogens is 1. The summed E-state index contributed by atoms with van der Waals surface area (Å²) in [5.74, 6) is 1.04. The van der Waals surface area contributed by atoms with Gasteiger partial charge in [-0.3, -0.25) is 9.69 Å². The quantitative estimate of drug-likeness (QED) is 0.432. The first-order valence-electron chi connectivity index (χ1n) is 6.91. The van der Waals surface area contributed by atoms with Gasteiger partial charge < -0.3 is 0 Å². The van der Waals surface area contributed by atoms with Crippen molar-refractivity contribution in [1.82, 2.24) is 4.90 Å². The summed E-state index contributed by atoms with van der Waals surface area (Å²) in [6, 6.07) is 0. The molecule has 0 aliphatic heterocycles. The topological polar surface area (TPSA) is 45.0 Å². The number of amidine groups is 1. The lowest BCUT2D eigenvalue weighted by Crippen LogP contribution is -2.38. The molecule has 5 heteroatoms. The molecule has 0 heterocycles. The van der Waals surface area contributed by atoms with E-state index in [0.29, 0.717) is 16.8 Å². The molecule has 0 fully saturated rings. The summed E-state index contributed by atoms with van der Waals surface area (Å²) in [7, 11) is 1.72. The fourth-order valence-corrected chi connectivity index (χ4v) is 1.92. The highest BCUT2D eigenvalue weighted by Gasteiger charge is 2.32. The highest BCUT2D eigenvalue weighted by atomic mass is 35.5. The Morgan fingerprint density at radius 2 is 1.62 bits per heavy atom. The maximum atomic E-state index is 12.7. The van der Waals surface area contributed by atoms with E-state index < -0.39 is 5.41 Å². The molecule has 0 saturated carbocycles. The number of allylic oxidation sites excluding steroid dienone is 2. The summed E-state index contributed by atoms with van der Waals surface area (Å²) in [6.45, 7) is 13.0. The Morgan fingerprint density at radius 3 is 2.00 bits per heavy atom. The van der Waals surface area contributed by atoms with Crippen molar-refractivity contribution in [1.29, 1.82) is 0 Å². The van der Waals surface area contributed by atoms with E-state index in [9.17, 15) is 4.79 Å². The monoisotopic (exact) mass is 311 g/mol. The number of amides is 1. The van der Waals surface area contributed by atoms with Gasteiger partial charge in [0.2, 0.25) is 5.91 Å². The first-order chi connectivity index (χ1) is 9.57. The van der Waals surface area contributed by atoms with Crippen LogP contribution in [0.15, 0.2) is 33.5 Å². The SMILES string of the molecule is C/C=C(/C)C(C)(C)C(=O)N(C)C(=C/C)/N=C(C)\N=C(/C)Cl. The number of nitrogens with zero attached hydrogens (tertiary/aromatic N) is 3. The molecule has 0 aliphatic carbocycles. The maximum Gasteiger partial charge on any atom is 0.237 e. The molecule has 0 unspecified atom stereocenters. The highest BCUT2D eigenvalue weighted by molar-refractivity contribution is 6.65. The molecule has 0 atom stereocenters. The van der Waals surface area contributed by atoms with E-state index in [1.807, 2.05) is 40.7 Å². The Hall–Kier alpha value is -1.42. The van der Waals surface area contributed by atoms with Crippen molar-refractivity contribution in [3.05, 3.63) is 23.5 Å². The van der Waals surface area contributed by atoms with Crippen molar-refractivity contribution in [3.63, 3.8) is 0 Å². The van der Waals surface area contributed by atoms with Crippen molar-refractivity contribution in [3.8, 4) is 0 Å². The third kappa shape index (κ3) is 5.46. The van der Waals surface area contributed by atoms with Gasteiger partial charge in [-0.1, -0.05) is 23.3 Å². The van der Waals surface area contributed by atoms with E-state index in [1.54, 1.807) is 31.9 Å². The zero-order chi connectivity index (χ0) is 16.8. The second-order valence-corrected chi connectivity index (χ2v) is 5.92. The van der Waals surface area contributed by atoms with Crippen LogP contribution in [-0.2, 0) is 4.79 Å². The number of carbonyl (C=O) groups excluding carboxylic acids is 1. The number of hydrogen-bond donors (Lipinski definition) is 0. The van der Waals surface area contributed by atoms with Gasteiger partial charge >= 0.3 is 0 Å². The Labute approximate surface area is 133 Å². The summed E-state index contributed by atoms with van der Waals surface area (Å²) >= 11 is 5.74. The lowest BCUT2D eigenvalue weighted by molar-refractivity contribution is -0.135. The largest absolute Gasteiger partial charge is 0.299 e. The molecule has 0 radical (unpaired) electrons. The smallest absolute Gasteiger partial charge is 0.237 e. The summed E-state index contributed by atoms with van der Waals surface area (Å²) in [5.41, 5.74) is 0.442. The predicted molar refractivity (Wildman–Crippen MR) is 91.8 cm³/mol. The van der Waals surface area contributed by atoms with Gasteiger partial charge in [0.05, 0.1) is 5.41 Å². The van der Waals surface area contributed by atoms with Gasteiger partial charge in [0.15, 0.2) is 0 Å². The minimum Gasteiger partial charge on any atom is -0.299 e. The van der Waals surface area contributed by atoms with Gasteiger partial charge in [0.25, 0.3) is 0 Å². The van der Waals surface area contributed by atoms with Gasteiger partial charge in [-0.25, -0.2) is 9.98 Å². The highest BCUT2D eigenvalue weighted by Crippen LogP contribution is 2.29. The van der Waals surface area contributed by atoms with Crippen LogP contribution in [0.25, 0.3) is 0 Å². The van der Waals surface area contributed by atoms with Gasteiger partial charge in [-0.15, -0.1) is 0 Å². The van der Waals surface area contributed by atoms with Gasteiger partial charge in [-0.2, -0.15) is 0 Å². The molecule has 0 N–H and O–H groups in total. The molecule has 4 nitrogen and oxygen atoms in total. The Kier molecular flexibility index (Phi) is 7.58. The van der Waals surface area contributed by atoms with Crippen LogP contribution in [0.3, 0.4) is 0 Å². The molecule has 0 aromatic heterocycles. The van der Waals surface area contributed by atoms with Crippen LogP contribution in [0, 0.1) is 5.41 Å². The minimum absolute atomic E-state index is 0.0191. The molecule has 118 valence electrons. The van der Waals surface area contributed by atoms with Crippen LogP contribution in [0.2, 0.25) is 0 Å². The molecule has 0 aliphatic rings. The molecular weight excluding hydrogens is 286 g/mol. The average Bonchev–Trinajstić information content (AvgIpc) is 2.41. The van der Waals surface area contributed by atoms with Crippen molar-refractivity contribution in [2.45, 2.75) is 48.5 Å². The minimum atomic E-state index is -0.577. The fourth-order valence-electron chi connectivity index (χ4n) is 1.80. The number of carbonyl (C=O) groups is 1. The molecule has 0 spiro atoms. The fraction of sp³-hybridized carbons (Fsp3) is 0.562. The van der Waals surface area contributed by atoms with Crippen LogP contribution in [-0.4, -0.2) is 28.9 Å². The van der Waals surface area contributed by atoms with Crippen molar-refractivity contribution in [2.75, 3.05) is 7.05 Å². The van der Waals surface area contributed by atoms with Crippen molar-refractivity contribution >= 4 is 28.5 Å². The maximum absolute atomic E-state index is 12.7. The lowest BCUT2D eigenvalue weighted by atomic mass is 9.83. The molecule has 21 heavy (non-hydrogen) atoms. The third-order valence-corrected chi connectivity index (χ3v) is 3.54. The van der Waals surface area contributed by atoms with Crippen LogP contribution in [0.5, 0.6) is 0 Å². The van der Waals surface area contributed by atoms with Gasteiger partial charge in [0.1, 0.15) is 16.8 Å². The Morgan fingerprint density at radius 1 is 1.10 bits per heavy atom. The van der Waals surface area contributed by atoms with Gasteiger partial charge in [-0.05, 0) is 54.5 Å². The molecular formula is C16H26ClN3O. The second kappa shape index (κ2) is 8.13. The first-order valence-corrected chi connectivity index (χ1v) is 7.29. The van der Waals surface area contributed by atoms with Gasteiger partial charge in [0, 0.05) is 7.05 Å². The third-order valence-electron chi connectivity index (χ3n) is 3.45.